The van der Waals surface area contributed by atoms with Crippen molar-refractivity contribution in [3.05, 3.63) is 71.8 Å². The number of rotatable bonds is 5. The Balaban J connectivity index is 1.60. The van der Waals surface area contributed by atoms with E-state index in [0.717, 1.165) is 36.8 Å². The third-order valence-corrected chi connectivity index (χ3v) is 6.54. The molecule has 1 aliphatic heterocycles. The second-order valence-electron chi connectivity index (χ2n) is 8.40. The summed E-state index contributed by atoms with van der Waals surface area (Å²) >= 11 is 0. The number of carbonyl (C=O) groups excluding carboxylic acids is 2. The summed E-state index contributed by atoms with van der Waals surface area (Å²) in [6.45, 7) is 2.34. The molecule has 5 heteroatoms. The average Bonchev–Trinajstić information content (AvgIpc) is 2.97. The van der Waals surface area contributed by atoms with Crippen LogP contribution in [0.2, 0.25) is 0 Å². The van der Waals surface area contributed by atoms with Crippen LogP contribution in [0.3, 0.4) is 0 Å². The van der Waals surface area contributed by atoms with Crippen LogP contribution in [-0.4, -0.2) is 41.0 Å². The molecule has 152 valence electrons. The molecular formula is C24H29N3O2. The number of hydrogen-bond acceptors (Lipinski definition) is 3. The number of benzene rings is 2. The molecule has 2 aromatic carbocycles. The van der Waals surface area contributed by atoms with Crippen LogP contribution in [0.25, 0.3) is 0 Å². The van der Waals surface area contributed by atoms with Crippen molar-refractivity contribution in [1.82, 2.24) is 15.1 Å². The highest BCUT2D eigenvalue weighted by atomic mass is 16.2. The summed E-state index contributed by atoms with van der Waals surface area (Å²) in [4.78, 5) is 29.6. The minimum atomic E-state index is -0.717. The lowest BCUT2D eigenvalue weighted by atomic mass is 9.73. The number of amides is 3. The Morgan fingerprint density at radius 1 is 1.03 bits per heavy atom. The molecule has 5 nitrogen and oxygen atoms in total. The fraction of sp³-hybridized carbons (Fsp3) is 0.417. The summed E-state index contributed by atoms with van der Waals surface area (Å²) in [7, 11) is 1.97. The highest BCUT2D eigenvalue weighted by Gasteiger charge is 2.55. The number of nitrogens with one attached hydrogen (secondary N) is 1. The third kappa shape index (κ3) is 3.55. The molecule has 4 rings (SSSR count). The summed E-state index contributed by atoms with van der Waals surface area (Å²) in [5.41, 5.74) is 1.55. The van der Waals surface area contributed by atoms with E-state index in [4.69, 9.17) is 0 Å². The first-order valence-electron chi connectivity index (χ1n) is 10.5. The Bertz CT molecular complexity index is 831. The number of urea groups is 1. The molecule has 1 N–H and O–H groups in total. The van der Waals surface area contributed by atoms with E-state index in [1.807, 2.05) is 43.4 Å². The zero-order chi connectivity index (χ0) is 20.4. The SMILES string of the molecule is CC1CCCCC12NC(=O)N(CN(C)C(c1ccccc1)c1ccccc1)C2=O. The van der Waals surface area contributed by atoms with Gasteiger partial charge in [-0.2, -0.15) is 0 Å². The van der Waals surface area contributed by atoms with Crippen molar-refractivity contribution in [3.63, 3.8) is 0 Å². The van der Waals surface area contributed by atoms with Gasteiger partial charge in [0.1, 0.15) is 5.54 Å². The van der Waals surface area contributed by atoms with Crippen molar-refractivity contribution in [1.29, 1.82) is 0 Å². The minimum absolute atomic E-state index is 0.0432. The van der Waals surface area contributed by atoms with E-state index in [1.165, 1.54) is 4.90 Å². The molecule has 2 atom stereocenters. The van der Waals surface area contributed by atoms with Gasteiger partial charge in [-0.25, -0.2) is 9.69 Å². The molecule has 3 amide bonds. The zero-order valence-electron chi connectivity index (χ0n) is 17.2. The fourth-order valence-corrected chi connectivity index (χ4v) is 4.90. The molecule has 29 heavy (non-hydrogen) atoms. The van der Waals surface area contributed by atoms with Crippen molar-refractivity contribution < 1.29 is 9.59 Å². The molecule has 0 bridgehead atoms. The van der Waals surface area contributed by atoms with Crippen LogP contribution in [0.5, 0.6) is 0 Å². The van der Waals surface area contributed by atoms with Crippen LogP contribution in [0.15, 0.2) is 60.7 Å². The first kappa shape index (κ1) is 19.6. The van der Waals surface area contributed by atoms with Gasteiger partial charge in [0.25, 0.3) is 5.91 Å². The second-order valence-corrected chi connectivity index (χ2v) is 8.40. The van der Waals surface area contributed by atoms with Gasteiger partial charge in [-0.05, 0) is 36.9 Å². The number of imide groups is 1. The van der Waals surface area contributed by atoms with Crippen LogP contribution < -0.4 is 5.32 Å². The number of hydrogen-bond donors (Lipinski definition) is 1. The van der Waals surface area contributed by atoms with E-state index in [9.17, 15) is 9.59 Å². The van der Waals surface area contributed by atoms with E-state index in [1.54, 1.807) is 0 Å². The van der Waals surface area contributed by atoms with Gasteiger partial charge in [0.05, 0.1) is 12.7 Å². The van der Waals surface area contributed by atoms with E-state index in [0.29, 0.717) is 0 Å². The summed E-state index contributed by atoms with van der Waals surface area (Å²) < 4.78 is 0. The van der Waals surface area contributed by atoms with E-state index in [-0.39, 0.29) is 30.6 Å². The molecule has 1 heterocycles. The predicted octanol–water partition coefficient (Wildman–Crippen LogP) is 4.17. The van der Waals surface area contributed by atoms with Crippen molar-refractivity contribution in [3.8, 4) is 0 Å². The van der Waals surface area contributed by atoms with Crippen LogP contribution in [0.4, 0.5) is 4.79 Å². The lowest BCUT2D eigenvalue weighted by Gasteiger charge is -2.37. The first-order valence-corrected chi connectivity index (χ1v) is 10.5. The fourth-order valence-electron chi connectivity index (χ4n) is 4.90. The Hall–Kier alpha value is -2.66. The van der Waals surface area contributed by atoms with Gasteiger partial charge in [-0.3, -0.25) is 9.69 Å². The summed E-state index contributed by atoms with van der Waals surface area (Å²) in [5, 5.41) is 3.05. The van der Waals surface area contributed by atoms with Gasteiger partial charge >= 0.3 is 6.03 Å². The maximum atomic E-state index is 13.4. The van der Waals surface area contributed by atoms with Gasteiger partial charge in [-0.15, -0.1) is 0 Å². The topological polar surface area (TPSA) is 52.7 Å². The van der Waals surface area contributed by atoms with Crippen LogP contribution in [0, 0.1) is 5.92 Å². The maximum absolute atomic E-state index is 13.4. The molecule has 2 fully saturated rings. The Kier molecular flexibility index (Phi) is 5.41. The van der Waals surface area contributed by atoms with Crippen molar-refractivity contribution >= 4 is 11.9 Å². The summed E-state index contributed by atoms with van der Waals surface area (Å²) in [6.07, 6.45) is 3.82. The highest BCUT2D eigenvalue weighted by molar-refractivity contribution is 6.07. The monoisotopic (exact) mass is 391 g/mol. The molecule has 2 aliphatic rings. The summed E-state index contributed by atoms with van der Waals surface area (Å²) in [6, 6.07) is 20.1. The number of nitrogens with zero attached hydrogens (tertiary/aromatic N) is 2. The minimum Gasteiger partial charge on any atom is -0.323 e. The third-order valence-electron chi connectivity index (χ3n) is 6.54. The quantitative estimate of drug-likeness (QED) is 0.779. The van der Waals surface area contributed by atoms with Crippen molar-refractivity contribution in [2.24, 2.45) is 5.92 Å². The van der Waals surface area contributed by atoms with Gasteiger partial charge in [-0.1, -0.05) is 80.4 Å². The molecule has 1 aliphatic carbocycles. The zero-order valence-corrected chi connectivity index (χ0v) is 17.2. The van der Waals surface area contributed by atoms with Crippen LogP contribution in [-0.2, 0) is 4.79 Å². The lowest BCUT2D eigenvalue weighted by molar-refractivity contribution is -0.135. The van der Waals surface area contributed by atoms with Crippen LogP contribution in [0.1, 0.15) is 49.8 Å². The number of carbonyl (C=O) groups is 2. The van der Waals surface area contributed by atoms with E-state index in [2.05, 4.69) is 41.4 Å². The van der Waals surface area contributed by atoms with Crippen molar-refractivity contribution in [2.45, 2.75) is 44.2 Å². The average molecular weight is 392 g/mol. The largest absolute Gasteiger partial charge is 0.326 e. The molecule has 2 aromatic rings. The van der Waals surface area contributed by atoms with Gasteiger partial charge in [0.15, 0.2) is 0 Å². The van der Waals surface area contributed by atoms with Gasteiger partial charge in [0, 0.05) is 0 Å². The summed E-state index contributed by atoms with van der Waals surface area (Å²) in [5.74, 6) is 0.100. The van der Waals surface area contributed by atoms with E-state index >= 15 is 0 Å². The first-order chi connectivity index (χ1) is 14.0. The maximum Gasteiger partial charge on any atom is 0.326 e. The smallest absolute Gasteiger partial charge is 0.323 e. The standard InChI is InChI=1S/C24H29N3O2/c1-18-11-9-10-16-24(18)22(28)27(23(29)25-24)17-26(2)21(19-12-5-3-6-13-19)20-14-7-4-8-15-20/h3-8,12-15,18,21H,9-11,16-17H2,1-2H3,(H,25,29). The molecule has 1 saturated heterocycles. The molecule has 0 radical (unpaired) electrons. The van der Waals surface area contributed by atoms with Crippen LogP contribution >= 0.6 is 0 Å². The Morgan fingerprint density at radius 3 is 2.17 bits per heavy atom. The lowest BCUT2D eigenvalue weighted by Crippen LogP contribution is -2.54. The second kappa shape index (κ2) is 7.99. The normalized spacial score (nSPS) is 24.6. The molecule has 1 spiro atoms. The predicted molar refractivity (Wildman–Crippen MR) is 113 cm³/mol. The van der Waals surface area contributed by atoms with E-state index < -0.39 is 5.54 Å². The van der Waals surface area contributed by atoms with Gasteiger partial charge in [0.2, 0.25) is 0 Å². The Morgan fingerprint density at radius 2 is 1.62 bits per heavy atom. The van der Waals surface area contributed by atoms with Gasteiger partial charge < -0.3 is 5.32 Å². The molecule has 2 unspecified atom stereocenters. The molecule has 0 aromatic heterocycles. The Labute approximate surface area is 172 Å². The molecular weight excluding hydrogens is 362 g/mol. The molecule has 1 saturated carbocycles. The highest BCUT2D eigenvalue weighted by Crippen LogP contribution is 2.38. The van der Waals surface area contributed by atoms with Crippen molar-refractivity contribution in [2.75, 3.05) is 13.7 Å².